The van der Waals surface area contributed by atoms with E-state index >= 15 is 0 Å². The lowest BCUT2D eigenvalue weighted by Crippen LogP contribution is -2.09. The van der Waals surface area contributed by atoms with Crippen molar-refractivity contribution in [2.24, 2.45) is 0 Å². The Hall–Kier alpha value is -3.74. The van der Waals surface area contributed by atoms with Crippen LogP contribution in [0, 0.1) is 20.8 Å². The highest BCUT2D eigenvalue weighted by molar-refractivity contribution is 5.84. The Balaban J connectivity index is 1.39. The zero-order valence-electron chi connectivity index (χ0n) is 17.6. The predicted octanol–water partition coefficient (Wildman–Crippen LogP) is 4.44. The number of benzene rings is 2. The molecule has 0 N–H and O–H groups in total. The van der Waals surface area contributed by atoms with Crippen molar-refractivity contribution in [2.75, 3.05) is 0 Å². The number of hydrogen-bond acceptors (Lipinski definition) is 7. The number of carbonyl (C=O) groups is 1. The van der Waals surface area contributed by atoms with E-state index in [4.69, 9.17) is 13.7 Å². The zero-order chi connectivity index (χ0) is 22.0. The van der Waals surface area contributed by atoms with Crippen LogP contribution in [0.2, 0.25) is 0 Å². The minimum Gasteiger partial charge on any atom is -0.461 e. The minimum atomic E-state index is -0.471. The highest BCUT2D eigenvalue weighted by Crippen LogP contribution is 2.24. The van der Waals surface area contributed by atoms with Crippen molar-refractivity contribution in [3.63, 3.8) is 0 Å². The van der Waals surface area contributed by atoms with Gasteiger partial charge in [-0.05, 0) is 31.9 Å². The van der Waals surface area contributed by atoms with Gasteiger partial charge >= 0.3 is 11.6 Å². The van der Waals surface area contributed by atoms with E-state index in [-0.39, 0.29) is 19.4 Å². The summed E-state index contributed by atoms with van der Waals surface area (Å²) < 4.78 is 16.0. The Morgan fingerprint density at radius 1 is 1.06 bits per heavy atom. The van der Waals surface area contributed by atoms with Crippen molar-refractivity contribution in [3.8, 4) is 11.4 Å². The first-order valence-corrected chi connectivity index (χ1v) is 9.99. The fourth-order valence-corrected chi connectivity index (χ4v) is 3.26. The lowest BCUT2D eigenvalue weighted by atomic mass is 10.0. The maximum Gasteiger partial charge on any atom is 0.336 e. The van der Waals surface area contributed by atoms with E-state index in [0.717, 1.165) is 27.6 Å². The van der Waals surface area contributed by atoms with Gasteiger partial charge in [-0.15, -0.1) is 0 Å². The van der Waals surface area contributed by atoms with Crippen molar-refractivity contribution in [2.45, 2.75) is 40.2 Å². The molecule has 0 atom stereocenters. The van der Waals surface area contributed by atoms with Gasteiger partial charge in [-0.2, -0.15) is 4.98 Å². The molecule has 7 heteroatoms. The zero-order valence-corrected chi connectivity index (χ0v) is 17.6. The third-order valence-corrected chi connectivity index (χ3v) is 5.23. The highest BCUT2D eigenvalue weighted by Gasteiger charge is 2.14. The quantitative estimate of drug-likeness (QED) is 0.337. The van der Waals surface area contributed by atoms with Crippen LogP contribution >= 0.6 is 0 Å². The monoisotopic (exact) mass is 418 g/mol. The number of fused-ring (bicyclic) bond motifs is 1. The summed E-state index contributed by atoms with van der Waals surface area (Å²) in [6.45, 7) is 5.83. The van der Waals surface area contributed by atoms with Crippen molar-refractivity contribution < 1.29 is 18.5 Å². The molecule has 2 heterocycles. The van der Waals surface area contributed by atoms with E-state index in [0.29, 0.717) is 22.9 Å². The van der Waals surface area contributed by atoms with Crippen LogP contribution in [0.5, 0.6) is 0 Å². The molecule has 0 amide bonds. The maximum absolute atomic E-state index is 12.2. The number of aryl methyl sites for hydroxylation is 4. The van der Waals surface area contributed by atoms with Crippen LogP contribution in [0.3, 0.4) is 0 Å². The van der Waals surface area contributed by atoms with Gasteiger partial charge in [0, 0.05) is 29.0 Å². The van der Waals surface area contributed by atoms with E-state index < -0.39 is 11.6 Å². The van der Waals surface area contributed by atoms with Crippen molar-refractivity contribution in [1.29, 1.82) is 0 Å². The number of ether oxygens (including phenoxy) is 1. The summed E-state index contributed by atoms with van der Waals surface area (Å²) in [5.41, 5.74) is 4.57. The second-order valence-electron chi connectivity index (χ2n) is 7.51. The summed E-state index contributed by atoms with van der Waals surface area (Å²) in [7, 11) is 0. The third-order valence-electron chi connectivity index (χ3n) is 5.23. The molecule has 7 nitrogen and oxygen atoms in total. The number of rotatable bonds is 6. The average Bonchev–Trinajstić information content (AvgIpc) is 3.23. The van der Waals surface area contributed by atoms with Crippen molar-refractivity contribution >= 4 is 16.9 Å². The van der Waals surface area contributed by atoms with Gasteiger partial charge in [-0.25, -0.2) is 4.79 Å². The van der Waals surface area contributed by atoms with Gasteiger partial charge in [0.15, 0.2) is 0 Å². The Bertz CT molecular complexity index is 1300. The summed E-state index contributed by atoms with van der Waals surface area (Å²) in [5, 5.41) is 4.72. The molecule has 0 saturated carbocycles. The molecule has 4 aromatic rings. The molecule has 0 unspecified atom stereocenters. The first-order chi connectivity index (χ1) is 14.9. The molecular weight excluding hydrogens is 396 g/mol. The van der Waals surface area contributed by atoms with Crippen molar-refractivity contribution in [3.05, 3.63) is 81.0 Å². The van der Waals surface area contributed by atoms with Crippen LogP contribution in [-0.2, 0) is 22.6 Å². The first-order valence-electron chi connectivity index (χ1n) is 9.99. The van der Waals surface area contributed by atoms with Crippen LogP contribution in [0.1, 0.15) is 34.6 Å². The van der Waals surface area contributed by atoms with E-state index in [1.54, 1.807) is 0 Å². The molecule has 0 saturated heterocycles. The molecule has 0 radical (unpaired) electrons. The van der Waals surface area contributed by atoms with E-state index in [2.05, 4.69) is 10.1 Å². The average molecular weight is 418 g/mol. The lowest BCUT2D eigenvalue weighted by Gasteiger charge is -2.09. The second-order valence-corrected chi connectivity index (χ2v) is 7.51. The third kappa shape index (κ3) is 4.55. The van der Waals surface area contributed by atoms with Gasteiger partial charge in [0.2, 0.25) is 11.7 Å². The number of hydrogen-bond donors (Lipinski definition) is 0. The number of nitrogens with zero attached hydrogens (tertiary/aromatic N) is 2. The standard InChI is InChI=1S/C24H22N2O5/c1-14-4-7-17(8-5-14)24-25-20(31-26-24)10-11-21(27)29-13-18-12-22(28)30-23-16(3)15(2)6-9-19(18)23/h4-9,12H,10-11,13H2,1-3H3. The summed E-state index contributed by atoms with van der Waals surface area (Å²) in [4.78, 5) is 28.5. The van der Waals surface area contributed by atoms with Gasteiger partial charge in [-0.3, -0.25) is 4.79 Å². The fraction of sp³-hybridized carbons (Fsp3) is 0.250. The van der Waals surface area contributed by atoms with E-state index in [9.17, 15) is 9.59 Å². The predicted molar refractivity (Wildman–Crippen MR) is 115 cm³/mol. The Kier molecular flexibility index (Phi) is 5.66. The van der Waals surface area contributed by atoms with Crippen LogP contribution in [-0.4, -0.2) is 16.1 Å². The van der Waals surface area contributed by atoms with Crippen LogP contribution in [0.15, 0.2) is 56.2 Å². The molecule has 158 valence electrons. The second kappa shape index (κ2) is 8.55. The Morgan fingerprint density at radius 2 is 1.84 bits per heavy atom. The SMILES string of the molecule is Cc1ccc(-c2noc(CCC(=O)OCc3cc(=O)oc4c(C)c(C)ccc34)n2)cc1. The minimum absolute atomic E-state index is 0.0120. The Labute approximate surface area is 178 Å². The highest BCUT2D eigenvalue weighted by atomic mass is 16.5. The molecule has 0 aliphatic rings. The van der Waals surface area contributed by atoms with Crippen LogP contribution < -0.4 is 5.63 Å². The number of esters is 1. The fourth-order valence-electron chi connectivity index (χ4n) is 3.26. The Morgan fingerprint density at radius 3 is 2.61 bits per heavy atom. The van der Waals surface area contributed by atoms with Gasteiger partial charge < -0.3 is 13.7 Å². The molecule has 2 aromatic carbocycles. The summed E-state index contributed by atoms with van der Waals surface area (Å²) >= 11 is 0. The van der Waals surface area contributed by atoms with Crippen molar-refractivity contribution in [1.82, 2.24) is 10.1 Å². The summed E-state index contributed by atoms with van der Waals surface area (Å²) in [6, 6.07) is 13.0. The molecule has 31 heavy (non-hydrogen) atoms. The maximum atomic E-state index is 12.2. The summed E-state index contributed by atoms with van der Waals surface area (Å²) in [5.74, 6) is 0.432. The molecule has 2 aromatic heterocycles. The van der Waals surface area contributed by atoms with Gasteiger partial charge in [-0.1, -0.05) is 47.1 Å². The van der Waals surface area contributed by atoms with E-state index in [1.165, 1.54) is 6.07 Å². The summed E-state index contributed by atoms with van der Waals surface area (Å²) in [6.07, 6.45) is 0.362. The van der Waals surface area contributed by atoms with Gasteiger partial charge in [0.1, 0.15) is 12.2 Å². The lowest BCUT2D eigenvalue weighted by molar-refractivity contribution is -0.145. The molecular formula is C24H22N2O5. The molecule has 0 spiro atoms. The molecule has 0 aliphatic carbocycles. The normalized spacial score (nSPS) is 11.1. The van der Waals surface area contributed by atoms with Crippen LogP contribution in [0.25, 0.3) is 22.4 Å². The van der Waals surface area contributed by atoms with Gasteiger partial charge in [0.25, 0.3) is 0 Å². The van der Waals surface area contributed by atoms with Crippen LogP contribution in [0.4, 0.5) is 0 Å². The van der Waals surface area contributed by atoms with E-state index in [1.807, 2.05) is 57.2 Å². The number of carbonyl (C=O) groups excluding carboxylic acids is 1. The topological polar surface area (TPSA) is 95.4 Å². The number of aromatic nitrogens is 2. The molecule has 4 rings (SSSR count). The smallest absolute Gasteiger partial charge is 0.336 e. The van der Waals surface area contributed by atoms with Gasteiger partial charge in [0.05, 0.1) is 6.42 Å². The molecule has 0 fully saturated rings. The largest absolute Gasteiger partial charge is 0.461 e. The first kappa shape index (κ1) is 20.5. The molecule has 0 bridgehead atoms. The molecule has 0 aliphatic heterocycles.